The van der Waals surface area contributed by atoms with E-state index in [-0.39, 0.29) is 12.8 Å². The first-order chi connectivity index (χ1) is 9.86. The third-order valence-corrected chi connectivity index (χ3v) is 2.72. The van der Waals surface area contributed by atoms with Crippen LogP contribution in [0.15, 0.2) is 0 Å². The lowest BCUT2D eigenvalue weighted by molar-refractivity contribution is -0.333. The summed E-state index contributed by atoms with van der Waals surface area (Å²) >= 11 is 0. The largest absolute Gasteiger partial charge is 0.463 e. The average Bonchev–Trinajstić information content (AvgIpc) is 2.41. The maximum Gasteiger partial charge on any atom is 0.457 e. The summed E-state index contributed by atoms with van der Waals surface area (Å²) in [4.78, 5) is 23.1. The number of aliphatic hydroxyl groups is 1. The van der Waals surface area contributed by atoms with E-state index in [0.717, 1.165) is 0 Å². The molecular weight excluding hydrogens is 319 g/mol. The highest BCUT2D eigenvalue weighted by molar-refractivity contribution is 6.05. The molecule has 0 aromatic carbocycles. The van der Waals surface area contributed by atoms with Gasteiger partial charge in [-0.05, 0) is 19.8 Å². The molecule has 2 atom stereocenters. The van der Waals surface area contributed by atoms with Crippen molar-refractivity contribution >= 4 is 11.9 Å². The molecule has 0 rings (SSSR count). The number of hydrogen-bond donors (Lipinski definition) is 1. The summed E-state index contributed by atoms with van der Waals surface area (Å²) in [5.74, 6) is -10.9. The van der Waals surface area contributed by atoms with Crippen molar-refractivity contribution in [3.63, 3.8) is 0 Å². The van der Waals surface area contributed by atoms with Gasteiger partial charge in [-0.15, -0.1) is 0 Å². The van der Waals surface area contributed by atoms with Crippen LogP contribution < -0.4 is 0 Å². The molecule has 0 bridgehead atoms. The van der Waals surface area contributed by atoms with Crippen molar-refractivity contribution < 1.29 is 46.1 Å². The van der Waals surface area contributed by atoms with E-state index < -0.39 is 42.3 Å². The number of rotatable bonds is 7. The molecule has 0 saturated carbocycles. The molecule has 0 aromatic heterocycles. The smallest absolute Gasteiger partial charge is 0.457 e. The molecule has 0 amide bonds. The van der Waals surface area contributed by atoms with Crippen molar-refractivity contribution in [2.45, 2.75) is 57.4 Å². The van der Waals surface area contributed by atoms with Crippen LogP contribution in [-0.4, -0.2) is 47.5 Å². The highest BCUT2D eigenvalue weighted by Crippen LogP contribution is 2.45. The van der Waals surface area contributed by atoms with Gasteiger partial charge < -0.3 is 14.6 Å². The summed E-state index contributed by atoms with van der Waals surface area (Å²) in [5.41, 5.74) is -4.80. The van der Waals surface area contributed by atoms with Gasteiger partial charge in [-0.1, -0.05) is 13.8 Å². The fourth-order valence-corrected chi connectivity index (χ4v) is 1.20. The van der Waals surface area contributed by atoms with Crippen molar-refractivity contribution in [2.75, 3.05) is 6.61 Å². The maximum atomic E-state index is 13.5. The molecule has 22 heavy (non-hydrogen) atoms. The molecule has 0 aliphatic rings. The van der Waals surface area contributed by atoms with E-state index in [1.807, 2.05) is 0 Å². The van der Waals surface area contributed by atoms with Gasteiger partial charge in [0.15, 0.2) is 0 Å². The number of hydrogen-bond acceptors (Lipinski definition) is 5. The second kappa shape index (κ2) is 7.21. The third-order valence-electron chi connectivity index (χ3n) is 2.72. The van der Waals surface area contributed by atoms with E-state index in [1.54, 1.807) is 0 Å². The number of ether oxygens (including phenoxy) is 2. The van der Waals surface area contributed by atoms with Gasteiger partial charge in [-0.25, -0.2) is 9.59 Å². The second-order valence-corrected chi connectivity index (χ2v) is 4.54. The number of esters is 2. The minimum absolute atomic E-state index is 0.0728. The fourth-order valence-electron chi connectivity index (χ4n) is 1.20. The molecule has 2 unspecified atom stereocenters. The predicted octanol–water partition coefficient (Wildman–Crippen LogP) is 2.21. The minimum Gasteiger partial charge on any atom is -0.463 e. The summed E-state index contributed by atoms with van der Waals surface area (Å²) in [6, 6.07) is 0. The average molecular weight is 336 g/mol. The van der Waals surface area contributed by atoms with Crippen LogP contribution in [0.3, 0.4) is 0 Å². The van der Waals surface area contributed by atoms with Crippen molar-refractivity contribution in [3.05, 3.63) is 0 Å². The SMILES string of the molecule is CCCOC(=O)C(O)(C(=O)OC(C)CC)C(F)(F)C(F)(F)F. The molecule has 0 spiro atoms. The molecule has 0 heterocycles. The number of carbonyl (C=O) groups excluding carboxylic acids is 2. The first-order valence-electron chi connectivity index (χ1n) is 6.41. The zero-order valence-electron chi connectivity index (χ0n) is 12.2. The first-order valence-corrected chi connectivity index (χ1v) is 6.41. The number of carbonyl (C=O) groups is 2. The topological polar surface area (TPSA) is 72.8 Å². The summed E-state index contributed by atoms with van der Waals surface area (Å²) in [7, 11) is 0. The summed E-state index contributed by atoms with van der Waals surface area (Å²) in [5, 5.41) is 9.56. The summed E-state index contributed by atoms with van der Waals surface area (Å²) < 4.78 is 72.7. The predicted molar refractivity (Wildman–Crippen MR) is 63.0 cm³/mol. The fraction of sp³-hybridized carbons (Fsp3) is 0.833. The molecule has 0 fully saturated rings. The van der Waals surface area contributed by atoms with E-state index in [4.69, 9.17) is 0 Å². The van der Waals surface area contributed by atoms with E-state index in [2.05, 4.69) is 9.47 Å². The normalized spacial score (nSPS) is 16.6. The summed E-state index contributed by atoms with van der Waals surface area (Å²) in [6.07, 6.45) is -7.29. The van der Waals surface area contributed by atoms with Gasteiger partial charge in [0.1, 0.15) is 0 Å². The van der Waals surface area contributed by atoms with Crippen molar-refractivity contribution in [2.24, 2.45) is 0 Å². The zero-order chi connectivity index (χ0) is 17.8. The Labute approximate surface area is 123 Å². The number of halogens is 5. The van der Waals surface area contributed by atoms with E-state index >= 15 is 0 Å². The maximum absolute atomic E-state index is 13.5. The molecule has 10 heteroatoms. The van der Waals surface area contributed by atoms with Crippen LogP contribution in [0.5, 0.6) is 0 Å². The van der Waals surface area contributed by atoms with Crippen LogP contribution in [0.1, 0.15) is 33.6 Å². The third kappa shape index (κ3) is 3.84. The monoisotopic (exact) mass is 336 g/mol. The van der Waals surface area contributed by atoms with E-state index in [0.29, 0.717) is 0 Å². The molecule has 5 nitrogen and oxygen atoms in total. The van der Waals surface area contributed by atoms with Crippen LogP contribution in [0.4, 0.5) is 22.0 Å². The van der Waals surface area contributed by atoms with Gasteiger partial charge in [0.25, 0.3) is 0 Å². The molecule has 0 aliphatic heterocycles. The van der Waals surface area contributed by atoms with Gasteiger partial charge in [0.05, 0.1) is 12.7 Å². The Morgan fingerprint density at radius 3 is 1.95 bits per heavy atom. The van der Waals surface area contributed by atoms with Crippen molar-refractivity contribution in [1.29, 1.82) is 0 Å². The Morgan fingerprint density at radius 1 is 1.09 bits per heavy atom. The quantitative estimate of drug-likeness (QED) is 0.438. The van der Waals surface area contributed by atoms with Crippen LogP contribution in [0, 0.1) is 0 Å². The molecule has 0 saturated heterocycles. The van der Waals surface area contributed by atoms with E-state index in [9.17, 15) is 36.6 Å². The molecule has 1 N–H and O–H groups in total. The molecule has 0 aromatic rings. The van der Waals surface area contributed by atoms with Gasteiger partial charge in [0, 0.05) is 0 Å². The lowest BCUT2D eigenvalue weighted by Crippen LogP contribution is -2.67. The van der Waals surface area contributed by atoms with Crippen LogP contribution in [-0.2, 0) is 19.1 Å². The lowest BCUT2D eigenvalue weighted by Gasteiger charge is -2.33. The Bertz CT molecular complexity index is 409. The zero-order valence-corrected chi connectivity index (χ0v) is 12.2. The standard InChI is InChI=1S/C12H17F5O5/c1-4-6-21-8(18)10(20,9(19)22-7(3)5-2)11(13,14)12(15,16)17/h7,20H,4-6H2,1-3H3. The van der Waals surface area contributed by atoms with Crippen LogP contribution >= 0.6 is 0 Å². The second-order valence-electron chi connectivity index (χ2n) is 4.54. The van der Waals surface area contributed by atoms with Gasteiger partial charge in [-0.2, -0.15) is 22.0 Å². The van der Waals surface area contributed by atoms with Crippen molar-refractivity contribution in [3.8, 4) is 0 Å². The number of alkyl halides is 5. The van der Waals surface area contributed by atoms with Gasteiger partial charge in [-0.3, -0.25) is 0 Å². The molecule has 0 aliphatic carbocycles. The molecule has 0 radical (unpaired) electrons. The molecule has 130 valence electrons. The Balaban J connectivity index is 5.77. The van der Waals surface area contributed by atoms with Gasteiger partial charge >= 0.3 is 29.6 Å². The first kappa shape index (κ1) is 20.6. The van der Waals surface area contributed by atoms with Crippen LogP contribution in [0.25, 0.3) is 0 Å². The Hall–Kier alpha value is -1.45. The van der Waals surface area contributed by atoms with E-state index in [1.165, 1.54) is 20.8 Å². The minimum atomic E-state index is -6.36. The molecular formula is C12H17F5O5. The van der Waals surface area contributed by atoms with Crippen molar-refractivity contribution in [1.82, 2.24) is 0 Å². The Morgan fingerprint density at radius 2 is 1.59 bits per heavy atom. The highest BCUT2D eigenvalue weighted by Gasteiger charge is 2.78. The lowest BCUT2D eigenvalue weighted by atomic mass is 9.94. The Kier molecular flexibility index (Phi) is 6.73. The van der Waals surface area contributed by atoms with Crippen LogP contribution in [0.2, 0.25) is 0 Å². The van der Waals surface area contributed by atoms with Gasteiger partial charge in [0.2, 0.25) is 0 Å². The summed E-state index contributed by atoms with van der Waals surface area (Å²) in [6.45, 7) is 3.53. The highest BCUT2D eigenvalue weighted by atomic mass is 19.4.